The van der Waals surface area contributed by atoms with Crippen molar-refractivity contribution in [1.29, 1.82) is 0 Å². The normalized spacial score (nSPS) is 17.2. The lowest BCUT2D eigenvalue weighted by Crippen LogP contribution is -2.49. The van der Waals surface area contributed by atoms with Gasteiger partial charge in [0.2, 0.25) is 11.8 Å². The van der Waals surface area contributed by atoms with Crippen LogP contribution in [0.5, 0.6) is 11.5 Å². The van der Waals surface area contributed by atoms with Gasteiger partial charge in [-0.2, -0.15) is 0 Å². The van der Waals surface area contributed by atoms with Gasteiger partial charge in [0.05, 0.1) is 50.7 Å². The maximum atomic E-state index is 14.1. The van der Waals surface area contributed by atoms with E-state index in [1.165, 1.54) is 25.0 Å². The Morgan fingerprint density at radius 3 is 2.40 bits per heavy atom. The lowest BCUT2D eigenvalue weighted by atomic mass is 9.98. The van der Waals surface area contributed by atoms with E-state index in [2.05, 4.69) is 20.2 Å². The number of furan rings is 1. The van der Waals surface area contributed by atoms with Crippen LogP contribution in [0, 0.1) is 11.7 Å². The SMILES string of the molecule is CCOC(=O)[C@@H]1C[C@H](S(=O)(=O)Cc2nnc(-c3ccco3)n2-c2c(OC)cccc2OC)CN(c2ncc(F)cn2)C1. The van der Waals surface area contributed by atoms with Crippen LogP contribution in [0.4, 0.5) is 10.3 Å². The van der Waals surface area contributed by atoms with E-state index in [1.807, 2.05) is 0 Å². The van der Waals surface area contributed by atoms with Gasteiger partial charge in [-0.15, -0.1) is 10.2 Å². The zero-order chi connectivity index (χ0) is 29.9. The minimum Gasteiger partial charge on any atom is -0.494 e. The van der Waals surface area contributed by atoms with Gasteiger partial charge in [-0.1, -0.05) is 6.07 Å². The van der Waals surface area contributed by atoms with Gasteiger partial charge in [0.25, 0.3) is 0 Å². The molecule has 1 aromatic carbocycles. The molecular weight excluding hydrogens is 571 g/mol. The first-order chi connectivity index (χ1) is 20.2. The summed E-state index contributed by atoms with van der Waals surface area (Å²) in [6.45, 7) is 1.90. The van der Waals surface area contributed by atoms with Crippen molar-refractivity contribution in [3.63, 3.8) is 0 Å². The standard InChI is InChI=1S/C27H29FN6O7S/c1-4-40-26(35)17-11-19(15-33(14-17)27-29-12-18(28)13-30-27)42(36,37)16-23-31-32-25(22-9-6-10-41-22)34(23)24-20(38-2)7-5-8-21(24)39-3/h5-10,12-13,17,19H,4,11,14-16H2,1-3H3/t17-,19+/m1/s1. The Morgan fingerprint density at radius 2 is 1.79 bits per heavy atom. The molecule has 0 spiro atoms. The number of benzene rings is 1. The molecule has 13 nitrogen and oxygen atoms in total. The molecule has 0 amide bonds. The first-order valence-electron chi connectivity index (χ1n) is 13.1. The fraction of sp³-hybridized carbons (Fsp3) is 0.370. The molecule has 4 heterocycles. The number of halogens is 1. The summed E-state index contributed by atoms with van der Waals surface area (Å²) in [4.78, 5) is 22.3. The first kappa shape index (κ1) is 29.0. The van der Waals surface area contributed by atoms with E-state index < -0.39 is 38.5 Å². The Morgan fingerprint density at radius 1 is 1.07 bits per heavy atom. The summed E-state index contributed by atoms with van der Waals surface area (Å²) in [5.41, 5.74) is 0.387. The fourth-order valence-electron chi connectivity index (χ4n) is 4.94. The number of carbonyl (C=O) groups is 1. The molecule has 0 aliphatic carbocycles. The zero-order valence-electron chi connectivity index (χ0n) is 23.1. The highest BCUT2D eigenvalue weighted by atomic mass is 32.2. The minimum atomic E-state index is -4.01. The van der Waals surface area contributed by atoms with Gasteiger partial charge in [-0.3, -0.25) is 9.36 Å². The highest BCUT2D eigenvalue weighted by molar-refractivity contribution is 7.91. The molecule has 2 atom stereocenters. The number of methoxy groups -OCH3 is 2. The summed E-state index contributed by atoms with van der Waals surface area (Å²) in [5.74, 6) is -0.952. The molecule has 0 N–H and O–H groups in total. The van der Waals surface area contributed by atoms with Crippen molar-refractivity contribution in [2.75, 3.05) is 38.8 Å². The van der Waals surface area contributed by atoms with Crippen molar-refractivity contribution in [2.45, 2.75) is 24.3 Å². The molecule has 0 radical (unpaired) electrons. The number of piperidine rings is 1. The second-order valence-corrected chi connectivity index (χ2v) is 11.8. The third-order valence-corrected chi connectivity index (χ3v) is 8.87. The first-order valence-corrected chi connectivity index (χ1v) is 14.8. The molecule has 4 aromatic rings. The summed E-state index contributed by atoms with van der Waals surface area (Å²) in [5, 5.41) is 7.46. The van der Waals surface area contributed by atoms with E-state index in [9.17, 15) is 17.6 Å². The number of nitrogens with zero attached hydrogens (tertiary/aromatic N) is 6. The number of anilines is 1. The van der Waals surface area contributed by atoms with Crippen LogP contribution >= 0.6 is 0 Å². The molecule has 0 bridgehead atoms. The van der Waals surface area contributed by atoms with E-state index in [1.54, 1.807) is 42.2 Å². The number of ether oxygens (including phenoxy) is 3. The molecule has 1 fully saturated rings. The Bertz CT molecular complexity index is 1620. The molecule has 0 unspecified atom stereocenters. The summed E-state index contributed by atoms with van der Waals surface area (Å²) in [6.07, 6.45) is 3.45. The van der Waals surface area contributed by atoms with E-state index in [4.69, 9.17) is 18.6 Å². The van der Waals surface area contributed by atoms with Crippen LogP contribution in [0.2, 0.25) is 0 Å². The average molecular weight is 601 g/mol. The van der Waals surface area contributed by atoms with Gasteiger partial charge in [0.1, 0.15) is 22.9 Å². The monoisotopic (exact) mass is 600 g/mol. The van der Waals surface area contributed by atoms with Gasteiger partial charge in [-0.25, -0.2) is 22.8 Å². The van der Waals surface area contributed by atoms with Gasteiger partial charge in [0.15, 0.2) is 27.2 Å². The van der Waals surface area contributed by atoms with Gasteiger partial charge in [0, 0.05) is 13.1 Å². The van der Waals surface area contributed by atoms with Crippen molar-refractivity contribution < 1.29 is 36.2 Å². The van der Waals surface area contributed by atoms with E-state index in [-0.39, 0.29) is 43.7 Å². The van der Waals surface area contributed by atoms with Crippen LogP contribution in [0.1, 0.15) is 19.2 Å². The molecule has 1 saturated heterocycles. The lowest BCUT2D eigenvalue weighted by molar-refractivity contribution is -0.148. The summed E-state index contributed by atoms with van der Waals surface area (Å²) in [6, 6.07) is 8.49. The number of rotatable bonds is 10. The van der Waals surface area contributed by atoms with Gasteiger partial charge < -0.3 is 23.5 Å². The second-order valence-electron chi connectivity index (χ2n) is 9.48. The van der Waals surface area contributed by atoms with E-state index in [0.717, 1.165) is 12.4 Å². The highest BCUT2D eigenvalue weighted by Crippen LogP contribution is 2.37. The summed E-state index contributed by atoms with van der Waals surface area (Å²) in [7, 11) is -1.04. The fourth-order valence-corrected chi connectivity index (χ4v) is 6.65. The largest absolute Gasteiger partial charge is 0.494 e. The summed E-state index contributed by atoms with van der Waals surface area (Å²) < 4.78 is 65.1. The smallest absolute Gasteiger partial charge is 0.310 e. The van der Waals surface area contributed by atoms with Crippen molar-refractivity contribution >= 4 is 21.8 Å². The van der Waals surface area contributed by atoms with Crippen LogP contribution in [0.3, 0.4) is 0 Å². The molecule has 42 heavy (non-hydrogen) atoms. The molecule has 0 saturated carbocycles. The molecule has 1 aliphatic heterocycles. The Labute approximate surface area is 241 Å². The van der Waals surface area contributed by atoms with Crippen LogP contribution in [-0.4, -0.2) is 78.3 Å². The van der Waals surface area contributed by atoms with Crippen molar-refractivity contribution in [1.82, 2.24) is 24.7 Å². The molecule has 15 heteroatoms. The van der Waals surface area contributed by atoms with Crippen LogP contribution in [0.15, 0.2) is 53.4 Å². The molecular formula is C27H29FN6O7S. The molecule has 5 rings (SSSR count). The maximum absolute atomic E-state index is 14.1. The lowest BCUT2D eigenvalue weighted by Gasteiger charge is -2.36. The number of aromatic nitrogens is 5. The van der Waals surface area contributed by atoms with Crippen LogP contribution in [-0.2, 0) is 25.1 Å². The Kier molecular flexibility index (Phi) is 8.38. The number of hydrogen-bond donors (Lipinski definition) is 0. The number of hydrogen-bond acceptors (Lipinski definition) is 12. The number of carbonyl (C=O) groups excluding carboxylic acids is 1. The molecule has 222 valence electrons. The molecule has 1 aliphatic rings. The van der Waals surface area contributed by atoms with E-state index in [0.29, 0.717) is 22.9 Å². The quantitative estimate of drug-likeness (QED) is 0.246. The topological polar surface area (TPSA) is 152 Å². The zero-order valence-corrected chi connectivity index (χ0v) is 24.0. The third-order valence-electron chi connectivity index (χ3n) is 6.86. The van der Waals surface area contributed by atoms with Gasteiger partial charge >= 0.3 is 5.97 Å². The predicted octanol–water partition coefficient (Wildman–Crippen LogP) is 2.85. The van der Waals surface area contributed by atoms with Gasteiger partial charge in [-0.05, 0) is 37.6 Å². The van der Waals surface area contributed by atoms with Crippen LogP contribution in [0.25, 0.3) is 17.3 Å². The average Bonchev–Trinajstić information content (AvgIpc) is 3.67. The van der Waals surface area contributed by atoms with Crippen molar-refractivity contribution in [2.24, 2.45) is 5.92 Å². The Hall–Kier alpha value is -4.53. The number of esters is 1. The van der Waals surface area contributed by atoms with E-state index >= 15 is 0 Å². The third kappa shape index (κ3) is 5.77. The van der Waals surface area contributed by atoms with Crippen molar-refractivity contribution in [3.05, 3.63) is 60.6 Å². The minimum absolute atomic E-state index is 0.00994. The molecule has 3 aromatic heterocycles. The number of para-hydroxylation sites is 1. The van der Waals surface area contributed by atoms with Crippen molar-refractivity contribution in [3.8, 4) is 28.8 Å². The maximum Gasteiger partial charge on any atom is 0.310 e. The highest BCUT2D eigenvalue weighted by Gasteiger charge is 2.41. The summed E-state index contributed by atoms with van der Waals surface area (Å²) >= 11 is 0. The predicted molar refractivity (Wildman–Crippen MR) is 148 cm³/mol. The number of sulfone groups is 1. The Balaban J connectivity index is 1.55. The second kappa shape index (κ2) is 12.1. The van der Waals surface area contributed by atoms with Crippen LogP contribution < -0.4 is 14.4 Å².